The average molecular weight is 548 g/mol. The van der Waals surface area contributed by atoms with Crippen LogP contribution >= 0.6 is 22.7 Å². The molecule has 4 aromatic rings. The Morgan fingerprint density at radius 3 is 2.55 bits per heavy atom. The number of nitrogens with two attached hydrogens (primary N) is 1. The van der Waals surface area contributed by atoms with Crippen molar-refractivity contribution in [3.8, 4) is 10.4 Å². The molecule has 1 aromatic carbocycles. The van der Waals surface area contributed by atoms with Crippen LogP contribution in [0.2, 0.25) is 0 Å². The zero-order chi connectivity index (χ0) is 26.2. The van der Waals surface area contributed by atoms with E-state index in [1.54, 1.807) is 17.4 Å². The van der Waals surface area contributed by atoms with Gasteiger partial charge in [-0.1, -0.05) is 30.3 Å². The van der Waals surface area contributed by atoms with Crippen molar-refractivity contribution in [3.05, 3.63) is 68.6 Å². The van der Waals surface area contributed by atoms with Crippen molar-refractivity contribution in [1.29, 1.82) is 0 Å². The molecule has 196 valence electrons. The fourth-order valence-electron chi connectivity index (χ4n) is 5.43. The lowest BCUT2D eigenvalue weighted by molar-refractivity contribution is -0.116. The number of benzene rings is 1. The maximum absolute atomic E-state index is 13.9. The molecule has 0 spiro atoms. The number of hydrogen-bond donors (Lipinski definition) is 2. The third-order valence-corrected chi connectivity index (χ3v) is 9.61. The van der Waals surface area contributed by atoms with Gasteiger partial charge in [-0.3, -0.25) is 23.9 Å². The van der Waals surface area contributed by atoms with Crippen molar-refractivity contribution in [1.82, 2.24) is 14.5 Å². The number of nitrogens with one attached hydrogen (secondary N) is 1. The van der Waals surface area contributed by atoms with Gasteiger partial charge >= 0.3 is 0 Å². The molecule has 6 rings (SSSR count). The van der Waals surface area contributed by atoms with Gasteiger partial charge in [-0.15, -0.1) is 22.7 Å². The van der Waals surface area contributed by atoms with Gasteiger partial charge in [0.1, 0.15) is 22.2 Å². The number of amides is 2. The number of primary amides is 1. The monoisotopic (exact) mass is 547 g/mol. The third kappa shape index (κ3) is 4.79. The molecule has 38 heavy (non-hydrogen) atoms. The Kier molecular flexibility index (Phi) is 6.86. The predicted molar refractivity (Wildman–Crippen MR) is 152 cm³/mol. The summed E-state index contributed by atoms with van der Waals surface area (Å²) in [6.45, 7) is 2.28. The summed E-state index contributed by atoms with van der Waals surface area (Å²) >= 11 is 2.92. The highest BCUT2D eigenvalue weighted by Crippen LogP contribution is 2.36. The topological polar surface area (TPSA) is 110 Å². The fourth-order valence-corrected chi connectivity index (χ4v) is 7.78. The molecule has 0 unspecified atom stereocenters. The largest absolute Gasteiger partial charge is 0.366 e. The van der Waals surface area contributed by atoms with Crippen molar-refractivity contribution in [2.45, 2.75) is 51.6 Å². The Hall–Kier alpha value is -3.34. The lowest BCUT2D eigenvalue weighted by Crippen LogP contribution is -2.34. The maximum Gasteiger partial charge on any atom is 0.263 e. The number of thiophene rings is 2. The number of rotatable bonds is 7. The molecule has 8 nitrogen and oxygen atoms in total. The van der Waals surface area contributed by atoms with Crippen LogP contribution in [0.3, 0.4) is 0 Å². The summed E-state index contributed by atoms with van der Waals surface area (Å²) in [6, 6.07) is 11.3. The molecule has 2 amide bonds. The summed E-state index contributed by atoms with van der Waals surface area (Å²) in [5.41, 5.74) is 7.79. The SMILES string of the molecule is NC(=O)c1cc(-c2ccccc2)sc1NC(=O)Cn1c(CN2CCCC2)nc2sc3c(c2c1=O)CCCC3. The number of aromatic nitrogens is 2. The minimum atomic E-state index is -0.612. The van der Waals surface area contributed by atoms with Gasteiger partial charge in [0, 0.05) is 9.75 Å². The van der Waals surface area contributed by atoms with E-state index >= 15 is 0 Å². The molecule has 0 saturated carbocycles. The minimum absolute atomic E-state index is 0.148. The first kappa shape index (κ1) is 25.0. The van der Waals surface area contributed by atoms with E-state index in [4.69, 9.17) is 10.7 Å². The van der Waals surface area contributed by atoms with Crippen molar-refractivity contribution < 1.29 is 9.59 Å². The number of anilines is 1. The second-order valence-corrected chi connectivity index (χ2v) is 12.1. The molecule has 4 heterocycles. The van der Waals surface area contributed by atoms with Crippen LogP contribution in [0.15, 0.2) is 41.2 Å². The number of hydrogen-bond acceptors (Lipinski definition) is 7. The lowest BCUT2D eigenvalue weighted by atomic mass is 9.97. The van der Waals surface area contributed by atoms with Gasteiger partial charge in [0.2, 0.25) is 5.91 Å². The van der Waals surface area contributed by atoms with Crippen LogP contribution in [0.4, 0.5) is 5.00 Å². The van der Waals surface area contributed by atoms with Crippen LogP contribution in [-0.2, 0) is 30.7 Å². The van der Waals surface area contributed by atoms with E-state index in [9.17, 15) is 14.4 Å². The Morgan fingerprint density at radius 1 is 1.03 bits per heavy atom. The molecule has 3 N–H and O–H groups in total. The van der Waals surface area contributed by atoms with E-state index in [0.717, 1.165) is 72.4 Å². The molecule has 1 saturated heterocycles. The second kappa shape index (κ2) is 10.4. The number of likely N-dealkylation sites (tertiary alicyclic amines) is 1. The predicted octanol–water partition coefficient (Wildman–Crippen LogP) is 4.40. The van der Waals surface area contributed by atoms with E-state index in [2.05, 4.69) is 10.2 Å². The van der Waals surface area contributed by atoms with Crippen molar-refractivity contribution >= 4 is 49.7 Å². The number of aryl methyl sites for hydroxylation is 2. The Bertz CT molecular complexity index is 1580. The van der Waals surface area contributed by atoms with E-state index in [1.165, 1.54) is 20.8 Å². The zero-order valence-electron chi connectivity index (χ0n) is 21.0. The second-order valence-electron chi connectivity index (χ2n) is 9.93. The maximum atomic E-state index is 13.9. The minimum Gasteiger partial charge on any atom is -0.366 e. The van der Waals surface area contributed by atoms with Crippen LogP contribution in [0.1, 0.15) is 52.3 Å². The molecule has 2 aliphatic rings. The fraction of sp³-hybridized carbons (Fsp3) is 0.357. The molecule has 3 aromatic heterocycles. The molecular weight excluding hydrogens is 518 g/mol. The first-order valence-electron chi connectivity index (χ1n) is 13.0. The molecule has 0 radical (unpaired) electrons. The molecule has 0 bridgehead atoms. The van der Waals surface area contributed by atoms with Gasteiger partial charge in [-0.25, -0.2) is 4.98 Å². The lowest BCUT2D eigenvalue weighted by Gasteiger charge is -2.18. The van der Waals surface area contributed by atoms with Crippen LogP contribution in [0.5, 0.6) is 0 Å². The normalized spacial score (nSPS) is 15.6. The number of carbonyl (C=O) groups is 2. The summed E-state index contributed by atoms with van der Waals surface area (Å²) in [5, 5.41) is 3.92. The smallest absolute Gasteiger partial charge is 0.263 e. The van der Waals surface area contributed by atoms with Crippen molar-refractivity contribution in [3.63, 3.8) is 0 Å². The summed E-state index contributed by atoms with van der Waals surface area (Å²) in [6.07, 6.45) is 6.30. The standard InChI is InChI=1S/C28H29N5O3S2/c29-25(35)19-14-21(17-8-2-1-3-9-17)38-26(19)31-23(34)16-33-22(15-32-12-6-7-13-32)30-27-24(28(33)36)18-10-4-5-11-20(18)37-27/h1-3,8-9,14H,4-7,10-13,15-16H2,(H2,29,35)(H,31,34). The van der Waals surface area contributed by atoms with E-state index in [-0.39, 0.29) is 23.6 Å². The summed E-state index contributed by atoms with van der Waals surface area (Å²) in [4.78, 5) is 49.5. The average Bonchev–Trinajstić information content (AvgIpc) is 3.65. The first-order valence-corrected chi connectivity index (χ1v) is 14.7. The molecule has 1 fully saturated rings. The molecule has 1 aliphatic carbocycles. The van der Waals surface area contributed by atoms with Gasteiger partial charge in [0.25, 0.3) is 11.5 Å². The van der Waals surface area contributed by atoms with Crippen LogP contribution < -0.4 is 16.6 Å². The molecular formula is C28H29N5O3S2. The van der Waals surface area contributed by atoms with Gasteiger partial charge in [-0.05, 0) is 68.8 Å². The van der Waals surface area contributed by atoms with E-state index in [0.29, 0.717) is 22.8 Å². The molecule has 1 aliphatic heterocycles. The highest BCUT2D eigenvalue weighted by atomic mass is 32.1. The molecule has 0 atom stereocenters. The van der Waals surface area contributed by atoms with Gasteiger partial charge in [-0.2, -0.15) is 0 Å². The summed E-state index contributed by atoms with van der Waals surface area (Å²) < 4.78 is 1.53. The van der Waals surface area contributed by atoms with Crippen LogP contribution in [0.25, 0.3) is 20.7 Å². The highest BCUT2D eigenvalue weighted by molar-refractivity contribution is 7.20. The van der Waals surface area contributed by atoms with Crippen LogP contribution in [0, 0.1) is 0 Å². The highest BCUT2D eigenvalue weighted by Gasteiger charge is 2.25. The molecule has 10 heteroatoms. The van der Waals surface area contributed by atoms with Crippen molar-refractivity contribution in [2.75, 3.05) is 18.4 Å². The first-order chi connectivity index (χ1) is 18.5. The van der Waals surface area contributed by atoms with Crippen molar-refractivity contribution in [2.24, 2.45) is 5.73 Å². The van der Waals surface area contributed by atoms with Gasteiger partial charge in [0.15, 0.2) is 0 Å². The Balaban J connectivity index is 1.35. The summed E-state index contributed by atoms with van der Waals surface area (Å²) in [5.74, 6) is -0.382. The van der Waals surface area contributed by atoms with Crippen LogP contribution in [-0.4, -0.2) is 39.4 Å². The van der Waals surface area contributed by atoms with Gasteiger partial charge < -0.3 is 11.1 Å². The Labute approximate surface area is 228 Å². The number of nitrogens with zero attached hydrogens (tertiary/aromatic N) is 3. The third-order valence-electron chi connectivity index (χ3n) is 7.33. The van der Waals surface area contributed by atoms with Gasteiger partial charge in [0.05, 0.1) is 17.5 Å². The summed E-state index contributed by atoms with van der Waals surface area (Å²) in [7, 11) is 0. The Morgan fingerprint density at radius 2 is 1.79 bits per heavy atom. The quantitative estimate of drug-likeness (QED) is 0.356. The van der Waals surface area contributed by atoms with E-state index in [1.807, 2.05) is 30.3 Å². The van der Waals surface area contributed by atoms with E-state index < -0.39 is 5.91 Å². The number of carbonyl (C=O) groups excluding carboxylic acids is 2. The zero-order valence-corrected chi connectivity index (χ0v) is 22.6. The number of fused-ring (bicyclic) bond motifs is 3.